The Kier molecular flexibility index (Phi) is 5.40. The summed E-state index contributed by atoms with van der Waals surface area (Å²) in [7, 11) is 0. The molecule has 0 atom stereocenters. The van der Waals surface area contributed by atoms with Crippen molar-refractivity contribution in [2.24, 2.45) is 0 Å². The minimum Gasteiger partial charge on any atom is -0.486 e. The van der Waals surface area contributed by atoms with Crippen molar-refractivity contribution in [3.8, 4) is 11.4 Å². The van der Waals surface area contributed by atoms with Crippen molar-refractivity contribution in [1.29, 1.82) is 0 Å². The van der Waals surface area contributed by atoms with E-state index in [0.717, 1.165) is 27.8 Å². The Balaban J connectivity index is 1.86. The van der Waals surface area contributed by atoms with Gasteiger partial charge in [-0.3, -0.25) is 9.36 Å². The zero-order valence-corrected chi connectivity index (χ0v) is 17.4. The molecule has 4 rings (SSSR count). The van der Waals surface area contributed by atoms with Gasteiger partial charge in [-0.2, -0.15) is 0 Å². The standard InChI is InChI=1S/C26H24FNO2/c1-17(2)22-15-28(24-12-8-7-9-18(24)3)26(29)21-13-23(27)25(14-20(21)22)30-16-19-10-5-4-6-11-19/h4-15,17H,16H2,1-3H3. The molecule has 0 bridgehead atoms. The van der Waals surface area contributed by atoms with Crippen LogP contribution in [0.25, 0.3) is 16.5 Å². The molecule has 0 amide bonds. The first-order valence-corrected chi connectivity index (χ1v) is 10.1. The molecule has 0 spiro atoms. The molecule has 0 fully saturated rings. The highest BCUT2D eigenvalue weighted by Crippen LogP contribution is 2.30. The van der Waals surface area contributed by atoms with Crippen LogP contribution in [-0.2, 0) is 6.61 Å². The molecule has 0 N–H and O–H groups in total. The van der Waals surface area contributed by atoms with Gasteiger partial charge in [0.1, 0.15) is 6.61 Å². The van der Waals surface area contributed by atoms with Crippen molar-refractivity contribution in [3.05, 3.63) is 106 Å². The van der Waals surface area contributed by atoms with Gasteiger partial charge in [0.25, 0.3) is 5.56 Å². The van der Waals surface area contributed by atoms with Crippen molar-refractivity contribution in [1.82, 2.24) is 4.57 Å². The molecule has 3 aromatic carbocycles. The Bertz CT molecular complexity index is 1260. The number of halogens is 1. The summed E-state index contributed by atoms with van der Waals surface area (Å²) in [5, 5.41) is 1.08. The Hall–Kier alpha value is -3.40. The molecule has 4 heteroatoms. The molecular formula is C26H24FNO2. The number of nitrogens with zero attached hydrogens (tertiary/aromatic N) is 1. The molecule has 152 valence electrons. The Morgan fingerprint density at radius 3 is 2.37 bits per heavy atom. The fourth-order valence-corrected chi connectivity index (χ4v) is 3.68. The summed E-state index contributed by atoms with van der Waals surface area (Å²) in [4.78, 5) is 13.3. The Morgan fingerprint density at radius 2 is 1.67 bits per heavy atom. The van der Waals surface area contributed by atoms with Gasteiger partial charge < -0.3 is 4.74 Å². The fraction of sp³-hybridized carbons (Fsp3) is 0.192. The maximum atomic E-state index is 14.9. The van der Waals surface area contributed by atoms with Crippen LogP contribution in [0.3, 0.4) is 0 Å². The molecule has 4 aromatic rings. The van der Waals surface area contributed by atoms with E-state index in [2.05, 4.69) is 13.8 Å². The molecule has 1 aromatic heterocycles. The van der Waals surface area contributed by atoms with Crippen LogP contribution in [-0.4, -0.2) is 4.57 Å². The third kappa shape index (κ3) is 3.73. The molecule has 30 heavy (non-hydrogen) atoms. The van der Waals surface area contributed by atoms with Crippen LogP contribution in [0.15, 0.2) is 77.7 Å². The summed E-state index contributed by atoms with van der Waals surface area (Å²) in [6, 6.07) is 20.3. The number of aryl methyl sites for hydroxylation is 1. The topological polar surface area (TPSA) is 31.2 Å². The maximum Gasteiger partial charge on any atom is 0.263 e. The number of para-hydroxylation sites is 1. The lowest BCUT2D eigenvalue weighted by atomic mass is 9.97. The minimum absolute atomic E-state index is 0.149. The Labute approximate surface area is 175 Å². The normalized spacial score (nSPS) is 11.2. The summed E-state index contributed by atoms with van der Waals surface area (Å²) in [5.74, 6) is -0.232. The molecular weight excluding hydrogens is 377 g/mol. The molecule has 0 aliphatic heterocycles. The van der Waals surface area contributed by atoms with E-state index in [4.69, 9.17) is 4.74 Å². The third-order valence-corrected chi connectivity index (χ3v) is 5.33. The van der Waals surface area contributed by atoms with Gasteiger partial charge in [-0.05, 0) is 53.1 Å². The number of hydrogen-bond donors (Lipinski definition) is 0. The van der Waals surface area contributed by atoms with E-state index >= 15 is 0 Å². The minimum atomic E-state index is -0.534. The highest BCUT2D eigenvalue weighted by atomic mass is 19.1. The van der Waals surface area contributed by atoms with Gasteiger partial charge in [-0.25, -0.2) is 4.39 Å². The van der Waals surface area contributed by atoms with E-state index in [9.17, 15) is 9.18 Å². The van der Waals surface area contributed by atoms with Crippen molar-refractivity contribution < 1.29 is 9.13 Å². The lowest BCUT2D eigenvalue weighted by Crippen LogP contribution is -2.20. The second-order valence-electron chi connectivity index (χ2n) is 7.80. The second kappa shape index (κ2) is 8.15. The van der Waals surface area contributed by atoms with Crippen molar-refractivity contribution in [2.75, 3.05) is 0 Å². The number of fused-ring (bicyclic) bond motifs is 1. The van der Waals surface area contributed by atoms with Crippen LogP contribution in [0.5, 0.6) is 5.75 Å². The lowest BCUT2D eigenvalue weighted by Gasteiger charge is -2.17. The van der Waals surface area contributed by atoms with E-state index in [-0.39, 0.29) is 23.8 Å². The molecule has 0 unspecified atom stereocenters. The molecule has 0 aliphatic carbocycles. The number of aromatic nitrogens is 1. The van der Waals surface area contributed by atoms with E-state index in [1.807, 2.05) is 67.7 Å². The van der Waals surface area contributed by atoms with E-state index < -0.39 is 5.82 Å². The quantitative estimate of drug-likeness (QED) is 0.402. The monoisotopic (exact) mass is 401 g/mol. The van der Waals surface area contributed by atoms with Gasteiger partial charge in [0.15, 0.2) is 11.6 Å². The number of pyridine rings is 1. The predicted molar refractivity (Wildman–Crippen MR) is 119 cm³/mol. The molecule has 1 heterocycles. The van der Waals surface area contributed by atoms with Crippen LogP contribution >= 0.6 is 0 Å². The zero-order valence-electron chi connectivity index (χ0n) is 17.4. The van der Waals surface area contributed by atoms with Crippen LogP contribution in [0.4, 0.5) is 4.39 Å². The molecule has 0 aliphatic rings. The van der Waals surface area contributed by atoms with E-state index in [1.54, 1.807) is 10.6 Å². The van der Waals surface area contributed by atoms with E-state index in [0.29, 0.717) is 5.39 Å². The SMILES string of the molecule is Cc1ccccc1-n1cc(C(C)C)c2cc(OCc3ccccc3)c(F)cc2c1=O. The van der Waals surface area contributed by atoms with E-state index in [1.165, 1.54) is 6.07 Å². The summed E-state index contributed by atoms with van der Waals surface area (Å²) in [6.07, 6.45) is 1.87. The van der Waals surface area contributed by atoms with Crippen molar-refractivity contribution >= 4 is 10.8 Å². The molecule has 3 nitrogen and oxygen atoms in total. The first kappa shape index (κ1) is 19.9. The number of ether oxygens (including phenoxy) is 1. The number of benzene rings is 3. The zero-order chi connectivity index (χ0) is 21.3. The van der Waals surface area contributed by atoms with Crippen LogP contribution in [0.1, 0.15) is 36.5 Å². The van der Waals surface area contributed by atoms with Crippen LogP contribution in [0.2, 0.25) is 0 Å². The second-order valence-corrected chi connectivity index (χ2v) is 7.80. The average molecular weight is 401 g/mol. The Morgan fingerprint density at radius 1 is 0.967 bits per heavy atom. The molecule has 0 saturated carbocycles. The van der Waals surface area contributed by atoms with Gasteiger partial charge in [-0.15, -0.1) is 0 Å². The van der Waals surface area contributed by atoms with Crippen LogP contribution in [0, 0.1) is 12.7 Å². The van der Waals surface area contributed by atoms with Gasteiger partial charge >= 0.3 is 0 Å². The smallest absolute Gasteiger partial charge is 0.263 e. The number of hydrogen-bond acceptors (Lipinski definition) is 2. The summed E-state index contributed by atoms with van der Waals surface area (Å²) in [5.41, 5.74) is 3.47. The fourth-order valence-electron chi connectivity index (χ4n) is 3.68. The first-order valence-electron chi connectivity index (χ1n) is 10.1. The summed E-state index contributed by atoms with van der Waals surface area (Å²) >= 11 is 0. The largest absolute Gasteiger partial charge is 0.486 e. The highest BCUT2D eigenvalue weighted by molar-refractivity contribution is 5.87. The van der Waals surface area contributed by atoms with Gasteiger partial charge in [-0.1, -0.05) is 62.4 Å². The first-order chi connectivity index (χ1) is 14.5. The van der Waals surface area contributed by atoms with Crippen LogP contribution < -0.4 is 10.3 Å². The number of rotatable bonds is 5. The molecule has 0 saturated heterocycles. The van der Waals surface area contributed by atoms with Gasteiger partial charge in [0, 0.05) is 6.20 Å². The average Bonchev–Trinajstić information content (AvgIpc) is 2.74. The van der Waals surface area contributed by atoms with Crippen molar-refractivity contribution in [2.45, 2.75) is 33.3 Å². The maximum absolute atomic E-state index is 14.9. The predicted octanol–water partition coefficient (Wildman–Crippen LogP) is 6.14. The summed E-state index contributed by atoms with van der Waals surface area (Å²) in [6.45, 7) is 6.35. The third-order valence-electron chi connectivity index (χ3n) is 5.33. The van der Waals surface area contributed by atoms with Crippen molar-refractivity contribution in [3.63, 3.8) is 0 Å². The lowest BCUT2D eigenvalue weighted by molar-refractivity contribution is 0.291. The van der Waals surface area contributed by atoms with Gasteiger partial charge in [0.05, 0.1) is 11.1 Å². The summed E-state index contributed by atoms with van der Waals surface area (Å²) < 4.78 is 22.3. The van der Waals surface area contributed by atoms with Gasteiger partial charge in [0.2, 0.25) is 0 Å². The highest BCUT2D eigenvalue weighted by Gasteiger charge is 2.17. The molecule has 0 radical (unpaired) electrons.